The maximum atomic E-state index is 13.4. The summed E-state index contributed by atoms with van der Waals surface area (Å²) < 4.78 is 19.3. The van der Waals surface area contributed by atoms with E-state index in [1.807, 2.05) is 13.1 Å². The van der Waals surface area contributed by atoms with Crippen LogP contribution in [0.1, 0.15) is 35.3 Å². The molecule has 110 valence electrons. The van der Waals surface area contributed by atoms with Gasteiger partial charge in [-0.2, -0.15) is 0 Å². The molecule has 2 atom stereocenters. The Morgan fingerprint density at radius 2 is 2.24 bits per heavy atom. The monoisotopic (exact) mass is 286 g/mol. The second kappa shape index (κ2) is 6.33. The van der Waals surface area contributed by atoms with Gasteiger partial charge in [-0.3, -0.25) is 4.98 Å². The number of nitrogens with zero attached hydrogens (tertiary/aromatic N) is 1. The lowest BCUT2D eigenvalue weighted by molar-refractivity contribution is 0.0298. The van der Waals surface area contributed by atoms with Gasteiger partial charge < -0.3 is 10.1 Å². The minimum atomic E-state index is -0.308. The van der Waals surface area contributed by atoms with Gasteiger partial charge in [0, 0.05) is 12.2 Å². The predicted octanol–water partition coefficient (Wildman–Crippen LogP) is 3.19. The van der Waals surface area contributed by atoms with Crippen LogP contribution in [0.2, 0.25) is 0 Å². The smallest absolute Gasteiger partial charge is 0.141 e. The van der Waals surface area contributed by atoms with E-state index in [2.05, 4.69) is 28.5 Å². The Morgan fingerprint density at radius 1 is 1.38 bits per heavy atom. The number of fused-ring (bicyclic) bond motifs is 1. The van der Waals surface area contributed by atoms with Crippen molar-refractivity contribution in [3.05, 3.63) is 65.2 Å². The van der Waals surface area contributed by atoms with Crippen LogP contribution in [0.15, 0.2) is 42.7 Å². The third-order valence-electron chi connectivity index (χ3n) is 4.02. The van der Waals surface area contributed by atoms with Gasteiger partial charge in [-0.05, 0) is 42.6 Å². The molecule has 2 aromatic rings. The van der Waals surface area contributed by atoms with Crippen LogP contribution in [0.25, 0.3) is 0 Å². The minimum absolute atomic E-state index is 0.0179. The molecule has 0 fully saturated rings. The number of hydrogen-bond acceptors (Lipinski definition) is 3. The summed E-state index contributed by atoms with van der Waals surface area (Å²) in [7, 11) is 1.88. The third kappa shape index (κ3) is 3.12. The highest BCUT2D eigenvalue weighted by Gasteiger charge is 2.24. The standard InChI is InChI=1S/C17H19FN2O/c1-19-16(13-8-14(18)11-20-10-13)9-17-15-5-3-2-4-12(15)6-7-21-17/h2-5,8,10-11,16-17,19H,6-7,9H2,1H3. The highest BCUT2D eigenvalue weighted by molar-refractivity contribution is 5.31. The van der Waals surface area contributed by atoms with E-state index in [-0.39, 0.29) is 18.0 Å². The third-order valence-corrected chi connectivity index (χ3v) is 4.02. The van der Waals surface area contributed by atoms with Gasteiger partial charge in [0.15, 0.2) is 0 Å². The second-order valence-corrected chi connectivity index (χ2v) is 5.32. The Labute approximate surface area is 124 Å². The lowest BCUT2D eigenvalue weighted by Crippen LogP contribution is -2.24. The molecule has 0 spiro atoms. The first-order valence-corrected chi connectivity index (χ1v) is 7.25. The van der Waals surface area contributed by atoms with Crippen molar-refractivity contribution in [1.29, 1.82) is 0 Å². The molecular formula is C17H19FN2O. The molecule has 21 heavy (non-hydrogen) atoms. The molecule has 2 unspecified atom stereocenters. The number of hydrogen-bond donors (Lipinski definition) is 1. The van der Waals surface area contributed by atoms with Crippen molar-refractivity contribution in [2.24, 2.45) is 0 Å². The summed E-state index contributed by atoms with van der Waals surface area (Å²) in [5.74, 6) is -0.308. The first-order chi connectivity index (χ1) is 10.3. The number of rotatable bonds is 4. The summed E-state index contributed by atoms with van der Waals surface area (Å²) in [5, 5.41) is 3.24. The maximum absolute atomic E-state index is 13.4. The van der Waals surface area contributed by atoms with Crippen molar-refractivity contribution in [3.63, 3.8) is 0 Å². The van der Waals surface area contributed by atoms with Crippen molar-refractivity contribution in [2.45, 2.75) is 25.0 Å². The Morgan fingerprint density at radius 3 is 3.05 bits per heavy atom. The molecule has 0 saturated carbocycles. The van der Waals surface area contributed by atoms with Crippen LogP contribution in [0.3, 0.4) is 0 Å². The number of aromatic nitrogens is 1. The van der Waals surface area contributed by atoms with Crippen molar-refractivity contribution in [1.82, 2.24) is 10.3 Å². The van der Waals surface area contributed by atoms with E-state index >= 15 is 0 Å². The molecule has 1 aliphatic rings. The summed E-state index contributed by atoms with van der Waals surface area (Å²) in [6.45, 7) is 0.736. The van der Waals surface area contributed by atoms with Gasteiger partial charge in [-0.1, -0.05) is 24.3 Å². The fourth-order valence-electron chi connectivity index (χ4n) is 2.93. The van der Waals surface area contributed by atoms with E-state index in [0.29, 0.717) is 0 Å². The van der Waals surface area contributed by atoms with Crippen LogP contribution in [-0.4, -0.2) is 18.6 Å². The van der Waals surface area contributed by atoms with Crippen LogP contribution >= 0.6 is 0 Å². The van der Waals surface area contributed by atoms with E-state index in [1.165, 1.54) is 23.4 Å². The molecule has 0 aliphatic carbocycles. The molecule has 2 heterocycles. The molecule has 0 radical (unpaired) electrons. The second-order valence-electron chi connectivity index (χ2n) is 5.32. The Bertz CT molecular complexity index is 617. The van der Waals surface area contributed by atoms with Crippen molar-refractivity contribution in [3.8, 4) is 0 Å². The molecule has 1 aliphatic heterocycles. The Hall–Kier alpha value is -1.78. The van der Waals surface area contributed by atoms with Crippen LogP contribution in [-0.2, 0) is 11.2 Å². The zero-order valence-corrected chi connectivity index (χ0v) is 12.1. The van der Waals surface area contributed by atoms with Gasteiger partial charge in [0.1, 0.15) is 5.82 Å². The topological polar surface area (TPSA) is 34.1 Å². The fraction of sp³-hybridized carbons (Fsp3) is 0.353. The van der Waals surface area contributed by atoms with Crippen molar-refractivity contribution >= 4 is 0 Å². The maximum Gasteiger partial charge on any atom is 0.141 e. The summed E-state index contributed by atoms with van der Waals surface area (Å²) in [5.41, 5.74) is 3.44. The Balaban J connectivity index is 1.82. The summed E-state index contributed by atoms with van der Waals surface area (Å²) in [4.78, 5) is 3.93. The summed E-state index contributed by atoms with van der Waals surface area (Å²) >= 11 is 0. The lowest BCUT2D eigenvalue weighted by atomic mass is 9.92. The Kier molecular flexibility index (Phi) is 4.27. The average molecular weight is 286 g/mol. The molecule has 4 heteroatoms. The highest BCUT2D eigenvalue weighted by atomic mass is 19.1. The van der Waals surface area contributed by atoms with Gasteiger partial charge in [0.2, 0.25) is 0 Å². The van der Waals surface area contributed by atoms with Gasteiger partial charge in [0.25, 0.3) is 0 Å². The van der Waals surface area contributed by atoms with Gasteiger partial charge in [-0.25, -0.2) is 4.39 Å². The molecule has 0 amide bonds. The van der Waals surface area contributed by atoms with Crippen molar-refractivity contribution < 1.29 is 9.13 Å². The van der Waals surface area contributed by atoms with E-state index < -0.39 is 0 Å². The normalized spacial score (nSPS) is 19.0. The first-order valence-electron chi connectivity index (χ1n) is 7.25. The van der Waals surface area contributed by atoms with E-state index in [1.54, 1.807) is 6.20 Å². The van der Waals surface area contributed by atoms with Crippen LogP contribution in [0, 0.1) is 5.82 Å². The summed E-state index contributed by atoms with van der Waals surface area (Å²) in [6, 6.07) is 9.93. The van der Waals surface area contributed by atoms with Crippen LogP contribution in [0.5, 0.6) is 0 Å². The zero-order valence-electron chi connectivity index (χ0n) is 12.1. The number of nitrogens with one attached hydrogen (secondary N) is 1. The van der Waals surface area contributed by atoms with E-state index in [9.17, 15) is 4.39 Å². The van der Waals surface area contributed by atoms with Crippen LogP contribution in [0.4, 0.5) is 4.39 Å². The molecule has 3 nitrogen and oxygen atoms in total. The fourth-order valence-corrected chi connectivity index (χ4v) is 2.93. The SMILES string of the molecule is CNC(CC1OCCc2ccccc21)c1cncc(F)c1. The molecule has 1 aromatic heterocycles. The molecule has 0 bridgehead atoms. The highest BCUT2D eigenvalue weighted by Crippen LogP contribution is 2.34. The van der Waals surface area contributed by atoms with Gasteiger partial charge in [-0.15, -0.1) is 0 Å². The van der Waals surface area contributed by atoms with Crippen molar-refractivity contribution in [2.75, 3.05) is 13.7 Å². The number of benzene rings is 1. The molecule has 1 N–H and O–H groups in total. The van der Waals surface area contributed by atoms with Gasteiger partial charge >= 0.3 is 0 Å². The molecule has 1 aromatic carbocycles. The first kappa shape index (κ1) is 14.2. The lowest BCUT2D eigenvalue weighted by Gasteiger charge is -2.29. The number of pyridine rings is 1. The number of ether oxygens (including phenoxy) is 1. The zero-order chi connectivity index (χ0) is 14.7. The van der Waals surface area contributed by atoms with E-state index in [4.69, 9.17) is 4.74 Å². The molecular weight excluding hydrogens is 267 g/mol. The average Bonchev–Trinajstić information content (AvgIpc) is 2.52. The van der Waals surface area contributed by atoms with Gasteiger partial charge in [0.05, 0.1) is 18.9 Å². The minimum Gasteiger partial charge on any atom is -0.373 e. The predicted molar refractivity (Wildman–Crippen MR) is 79.5 cm³/mol. The van der Waals surface area contributed by atoms with Crippen LogP contribution < -0.4 is 5.32 Å². The molecule has 3 rings (SSSR count). The molecule has 0 saturated heterocycles. The quantitative estimate of drug-likeness (QED) is 0.937. The summed E-state index contributed by atoms with van der Waals surface area (Å²) in [6.07, 6.45) is 4.69. The number of halogens is 1. The largest absolute Gasteiger partial charge is 0.373 e. The van der Waals surface area contributed by atoms with E-state index in [0.717, 1.165) is 25.0 Å².